The maximum Gasteiger partial charge on any atom is 0.303 e. The number of amides is 2. The molecule has 0 saturated heterocycles. The van der Waals surface area contributed by atoms with Gasteiger partial charge in [-0.2, -0.15) is 5.54 Å². The number of carboxylic acid groups (broad SMARTS) is 1. The minimum Gasteiger partial charge on any atom is -0.481 e. The number of carbonyl (C=O) groups is 4. The first kappa shape index (κ1) is 33.1. The summed E-state index contributed by atoms with van der Waals surface area (Å²) in [5.41, 5.74) is 6.49. The van der Waals surface area contributed by atoms with Crippen LogP contribution in [0, 0.1) is 0 Å². The van der Waals surface area contributed by atoms with Crippen LogP contribution in [-0.2, 0) is 28.7 Å². The van der Waals surface area contributed by atoms with Crippen molar-refractivity contribution in [2.24, 2.45) is 5.73 Å². The van der Waals surface area contributed by atoms with Gasteiger partial charge in [0.25, 0.3) is 0 Å². The van der Waals surface area contributed by atoms with Gasteiger partial charge in [-0.05, 0) is 32.7 Å². The van der Waals surface area contributed by atoms with Gasteiger partial charge in [0.2, 0.25) is 11.8 Å². The van der Waals surface area contributed by atoms with Crippen molar-refractivity contribution in [1.82, 2.24) is 10.9 Å². The van der Waals surface area contributed by atoms with Crippen LogP contribution in [0.5, 0.6) is 0 Å². The van der Waals surface area contributed by atoms with E-state index in [1.165, 1.54) is 26.2 Å². The van der Waals surface area contributed by atoms with E-state index < -0.39 is 11.9 Å². The van der Waals surface area contributed by atoms with Crippen LogP contribution in [0.15, 0.2) is 0 Å². The molecule has 194 valence electrons. The first-order valence-electron chi connectivity index (χ1n) is 11.6. The van der Waals surface area contributed by atoms with Gasteiger partial charge < -0.3 is 25.6 Å². The Morgan fingerprint density at radius 2 is 1.36 bits per heavy atom. The van der Waals surface area contributed by atoms with Crippen molar-refractivity contribution < 1.29 is 38.2 Å². The van der Waals surface area contributed by atoms with Crippen molar-refractivity contribution in [1.29, 1.82) is 0 Å². The molecule has 0 bridgehead atoms. The Morgan fingerprint density at radius 1 is 0.788 bits per heavy atom. The van der Waals surface area contributed by atoms with Crippen molar-refractivity contribution in [2.45, 2.75) is 77.6 Å². The summed E-state index contributed by atoms with van der Waals surface area (Å²) in [4.78, 5) is 42.5. The number of Topliss-reactive ketones (excluding diaryl/α,β-unsaturated/α-hetero) is 1. The molecule has 0 heterocycles. The zero-order valence-electron chi connectivity index (χ0n) is 19.9. The monoisotopic (exact) mass is 479 g/mol. The SMILES string of the molecule is CC(=O)COCCOCCNC(=O)CCCC(=O)O.NCCCCCCCCCC(=O)NF. The number of halogens is 1. The topological polar surface area (TPSA) is 157 Å². The van der Waals surface area contributed by atoms with Crippen molar-refractivity contribution >= 4 is 23.6 Å². The van der Waals surface area contributed by atoms with Crippen LogP contribution in [0.25, 0.3) is 0 Å². The lowest BCUT2D eigenvalue weighted by molar-refractivity contribution is -0.137. The van der Waals surface area contributed by atoms with E-state index >= 15 is 0 Å². The Kier molecular flexibility index (Phi) is 26.2. The first-order valence-corrected chi connectivity index (χ1v) is 11.6. The Morgan fingerprint density at radius 3 is 1.94 bits per heavy atom. The van der Waals surface area contributed by atoms with E-state index in [9.17, 15) is 23.7 Å². The summed E-state index contributed by atoms with van der Waals surface area (Å²) in [6.45, 7) is 3.74. The molecular formula is C22H42FN3O7. The number of hydrogen-bond donors (Lipinski definition) is 4. The lowest BCUT2D eigenvalue weighted by Gasteiger charge is -2.06. The normalized spacial score (nSPS) is 10.2. The number of unbranched alkanes of at least 4 members (excludes halogenated alkanes) is 6. The Hall–Kier alpha value is -2.11. The largest absolute Gasteiger partial charge is 0.481 e. The second-order valence-corrected chi connectivity index (χ2v) is 7.50. The lowest BCUT2D eigenvalue weighted by Crippen LogP contribution is -2.27. The van der Waals surface area contributed by atoms with Gasteiger partial charge in [-0.25, -0.2) is 0 Å². The number of ether oxygens (including phenoxy) is 2. The number of ketones is 1. The van der Waals surface area contributed by atoms with Crippen LogP contribution < -0.4 is 16.6 Å². The summed E-state index contributed by atoms with van der Waals surface area (Å²) in [6, 6.07) is 0. The summed E-state index contributed by atoms with van der Waals surface area (Å²) in [6.07, 6.45) is 8.47. The fourth-order valence-electron chi connectivity index (χ4n) is 2.55. The number of carbonyl (C=O) groups excluding carboxylic acids is 3. The van der Waals surface area contributed by atoms with E-state index in [1.54, 1.807) is 0 Å². The van der Waals surface area contributed by atoms with Crippen LogP contribution in [-0.4, -0.2) is 68.2 Å². The average molecular weight is 480 g/mol. The van der Waals surface area contributed by atoms with E-state index in [0.29, 0.717) is 39.2 Å². The van der Waals surface area contributed by atoms with Gasteiger partial charge in [0.05, 0.1) is 19.8 Å². The van der Waals surface area contributed by atoms with Gasteiger partial charge in [0.1, 0.15) is 6.61 Å². The van der Waals surface area contributed by atoms with Crippen molar-refractivity contribution in [3.63, 3.8) is 0 Å². The molecule has 0 rings (SSSR count). The minimum atomic E-state index is -0.901. The zero-order chi connectivity index (χ0) is 25.2. The maximum atomic E-state index is 11.5. The molecule has 0 aliphatic rings. The molecule has 0 radical (unpaired) electrons. The molecule has 0 fully saturated rings. The summed E-state index contributed by atoms with van der Waals surface area (Å²) in [5, 5.41) is 11.0. The van der Waals surface area contributed by atoms with Crippen LogP contribution in [0.1, 0.15) is 77.6 Å². The number of nitrogens with one attached hydrogen (secondary N) is 2. The van der Waals surface area contributed by atoms with Crippen LogP contribution in [0.2, 0.25) is 0 Å². The van der Waals surface area contributed by atoms with E-state index in [0.717, 1.165) is 37.8 Å². The van der Waals surface area contributed by atoms with Crippen LogP contribution in [0.4, 0.5) is 4.48 Å². The number of nitrogens with two attached hydrogens (primary N) is 1. The molecule has 0 aliphatic carbocycles. The maximum absolute atomic E-state index is 11.5. The molecule has 33 heavy (non-hydrogen) atoms. The smallest absolute Gasteiger partial charge is 0.303 e. The van der Waals surface area contributed by atoms with E-state index in [4.69, 9.17) is 20.3 Å². The molecule has 0 aliphatic heterocycles. The molecule has 2 amide bonds. The molecule has 11 heteroatoms. The highest BCUT2D eigenvalue weighted by molar-refractivity contribution is 5.77. The fourth-order valence-corrected chi connectivity index (χ4v) is 2.55. The summed E-state index contributed by atoms with van der Waals surface area (Å²) >= 11 is 0. The standard InChI is InChI=1S/C12H21NO6.C10H21FN2O/c1-10(14)9-19-8-7-18-6-5-13-11(15)3-2-4-12(16)17;11-13-10(14)8-6-4-2-1-3-5-7-9-12/h2-9H2,1H3,(H,13,15)(H,16,17);1-9,12H2,(H,13,14). The van der Waals surface area contributed by atoms with Gasteiger partial charge in [0.15, 0.2) is 5.78 Å². The van der Waals surface area contributed by atoms with Crippen molar-refractivity contribution in [3.8, 4) is 0 Å². The Bertz CT molecular complexity index is 522. The van der Waals surface area contributed by atoms with E-state index in [2.05, 4.69) is 5.32 Å². The fraction of sp³-hybridized carbons (Fsp3) is 0.818. The van der Waals surface area contributed by atoms with Crippen LogP contribution >= 0.6 is 0 Å². The average Bonchev–Trinajstić information content (AvgIpc) is 2.77. The Labute approximate surface area is 196 Å². The quantitative estimate of drug-likeness (QED) is 0.144. The first-order chi connectivity index (χ1) is 15.8. The summed E-state index contributed by atoms with van der Waals surface area (Å²) in [5.74, 6) is -1.62. The molecule has 5 N–H and O–H groups in total. The number of carboxylic acids is 1. The molecule has 0 atom stereocenters. The van der Waals surface area contributed by atoms with Crippen molar-refractivity contribution in [2.75, 3.05) is 39.5 Å². The highest BCUT2D eigenvalue weighted by Crippen LogP contribution is 2.08. The molecule has 0 unspecified atom stereocenters. The molecule has 0 aromatic heterocycles. The van der Waals surface area contributed by atoms with Gasteiger partial charge in [0, 0.05) is 25.8 Å². The molecule has 0 spiro atoms. The second-order valence-electron chi connectivity index (χ2n) is 7.50. The van der Waals surface area contributed by atoms with Gasteiger partial charge in [-0.3, -0.25) is 19.2 Å². The third-order valence-electron chi connectivity index (χ3n) is 4.25. The molecular weight excluding hydrogens is 437 g/mol. The second kappa shape index (κ2) is 26.1. The predicted molar refractivity (Wildman–Crippen MR) is 122 cm³/mol. The third kappa shape index (κ3) is 32.2. The van der Waals surface area contributed by atoms with Gasteiger partial charge in [-0.1, -0.05) is 32.1 Å². The zero-order valence-corrected chi connectivity index (χ0v) is 19.9. The Balaban J connectivity index is 0. The third-order valence-corrected chi connectivity index (χ3v) is 4.25. The predicted octanol–water partition coefficient (Wildman–Crippen LogP) is 2.05. The molecule has 10 nitrogen and oxygen atoms in total. The van der Waals surface area contributed by atoms with Crippen molar-refractivity contribution in [3.05, 3.63) is 0 Å². The van der Waals surface area contributed by atoms with Crippen LogP contribution in [0.3, 0.4) is 0 Å². The molecule has 0 saturated carbocycles. The highest BCUT2D eigenvalue weighted by Gasteiger charge is 2.03. The van der Waals surface area contributed by atoms with Gasteiger partial charge in [-0.15, -0.1) is 4.48 Å². The lowest BCUT2D eigenvalue weighted by atomic mass is 10.1. The number of hydrogen-bond acceptors (Lipinski definition) is 7. The highest BCUT2D eigenvalue weighted by atomic mass is 19.2. The summed E-state index contributed by atoms with van der Waals surface area (Å²) in [7, 11) is 0. The minimum absolute atomic E-state index is 0.00257. The van der Waals surface area contributed by atoms with Gasteiger partial charge >= 0.3 is 5.97 Å². The molecule has 0 aromatic carbocycles. The molecule has 0 aromatic rings. The number of aliphatic carboxylic acids is 1. The van der Waals surface area contributed by atoms with E-state index in [-0.39, 0.29) is 31.1 Å². The van der Waals surface area contributed by atoms with E-state index in [1.807, 2.05) is 0 Å². The number of rotatable bonds is 21. The summed E-state index contributed by atoms with van der Waals surface area (Å²) < 4.78 is 21.6.